The Hall–Kier alpha value is -3.89. The van der Waals surface area contributed by atoms with Crippen LogP contribution in [0.5, 0.6) is 11.5 Å². The number of nitrogens with zero attached hydrogens (tertiary/aromatic N) is 2. The van der Waals surface area contributed by atoms with Crippen molar-refractivity contribution in [2.45, 2.75) is 44.1 Å². The molecule has 1 fully saturated rings. The number of carbonyl (C=O) groups is 2. The Balaban J connectivity index is 1.23. The van der Waals surface area contributed by atoms with Crippen molar-refractivity contribution in [2.75, 3.05) is 37.7 Å². The molecule has 2 amide bonds. The minimum absolute atomic E-state index is 0.0942. The second-order valence-electron chi connectivity index (χ2n) is 10.6. The number of para-hydroxylation sites is 2. The van der Waals surface area contributed by atoms with Crippen molar-refractivity contribution >= 4 is 27.5 Å². The van der Waals surface area contributed by atoms with E-state index in [-0.39, 0.29) is 42.3 Å². The number of rotatable bonds is 9. The summed E-state index contributed by atoms with van der Waals surface area (Å²) >= 11 is 0. The molecule has 0 radical (unpaired) electrons. The second kappa shape index (κ2) is 13.0. The number of ether oxygens (including phenoxy) is 2. The number of anilines is 1. The minimum atomic E-state index is -3.71. The first-order valence-electron chi connectivity index (χ1n) is 14.4. The van der Waals surface area contributed by atoms with Crippen LogP contribution in [0.25, 0.3) is 0 Å². The molecule has 3 aromatic carbocycles. The molecule has 0 bridgehead atoms. The Bertz CT molecular complexity index is 1520. The summed E-state index contributed by atoms with van der Waals surface area (Å²) in [6, 6.07) is 22.0. The van der Waals surface area contributed by atoms with E-state index in [1.165, 1.54) is 4.31 Å². The molecule has 0 aliphatic carbocycles. The van der Waals surface area contributed by atoms with E-state index in [2.05, 4.69) is 5.32 Å². The fourth-order valence-corrected chi connectivity index (χ4v) is 7.04. The summed E-state index contributed by atoms with van der Waals surface area (Å²) in [5.74, 6) is 0.374. The van der Waals surface area contributed by atoms with Gasteiger partial charge in [0.15, 0.2) is 6.10 Å². The number of carbonyl (C=O) groups excluding carboxylic acids is 2. The van der Waals surface area contributed by atoms with Crippen molar-refractivity contribution in [2.24, 2.45) is 5.92 Å². The van der Waals surface area contributed by atoms with Crippen LogP contribution in [0.2, 0.25) is 0 Å². The molecule has 2 aliphatic rings. The van der Waals surface area contributed by atoms with Crippen LogP contribution in [0, 0.1) is 12.8 Å². The zero-order chi connectivity index (χ0) is 29.7. The van der Waals surface area contributed by atoms with Crippen LogP contribution >= 0.6 is 0 Å². The van der Waals surface area contributed by atoms with Crippen molar-refractivity contribution < 1.29 is 27.5 Å². The number of benzene rings is 3. The summed E-state index contributed by atoms with van der Waals surface area (Å²) in [5.41, 5.74) is 2.50. The minimum Gasteiger partial charge on any atom is -0.494 e. The maximum Gasteiger partial charge on any atom is 0.262 e. The number of fused-ring (bicyclic) bond motifs is 1. The fraction of sp³-hybridized carbons (Fsp3) is 0.375. The van der Waals surface area contributed by atoms with Gasteiger partial charge in [-0.1, -0.05) is 42.5 Å². The van der Waals surface area contributed by atoms with E-state index in [9.17, 15) is 18.0 Å². The van der Waals surface area contributed by atoms with E-state index >= 15 is 0 Å². The van der Waals surface area contributed by atoms with Gasteiger partial charge < -0.3 is 19.7 Å². The molecule has 0 aromatic heterocycles. The molecule has 222 valence electrons. The van der Waals surface area contributed by atoms with Gasteiger partial charge >= 0.3 is 0 Å². The summed E-state index contributed by atoms with van der Waals surface area (Å²) < 4.78 is 39.7. The average Bonchev–Trinajstić information content (AvgIpc) is 3.01. The van der Waals surface area contributed by atoms with Gasteiger partial charge in [0, 0.05) is 25.6 Å². The lowest BCUT2D eigenvalue weighted by Crippen LogP contribution is -2.53. The quantitative estimate of drug-likeness (QED) is 0.404. The number of nitrogens with one attached hydrogen (secondary N) is 1. The Kier molecular flexibility index (Phi) is 9.13. The molecule has 10 heteroatoms. The molecule has 1 unspecified atom stereocenters. The lowest BCUT2D eigenvalue weighted by molar-refractivity contribution is -0.129. The molecule has 3 aromatic rings. The molecular formula is C32H37N3O6S. The van der Waals surface area contributed by atoms with E-state index < -0.39 is 16.1 Å². The summed E-state index contributed by atoms with van der Waals surface area (Å²) in [5, 5.41) is 2.94. The highest BCUT2D eigenvalue weighted by atomic mass is 32.2. The molecule has 0 saturated carbocycles. The zero-order valence-electron chi connectivity index (χ0n) is 24.0. The van der Waals surface area contributed by atoms with Gasteiger partial charge in [-0.2, -0.15) is 4.31 Å². The number of sulfonamides is 1. The highest BCUT2D eigenvalue weighted by Gasteiger charge is 2.39. The van der Waals surface area contributed by atoms with E-state index in [0.717, 1.165) is 11.1 Å². The van der Waals surface area contributed by atoms with Gasteiger partial charge in [0.1, 0.15) is 11.5 Å². The summed E-state index contributed by atoms with van der Waals surface area (Å²) in [7, 11) is -3.71. The Morgan fingerprint density at radius 3 is 2.43 bits per heavy atom. The molecule has 42 heavy (non-hydrogen) atoms. The Morgan fingerprint density at radius 2 is 1.71 bits per heavy atom. The highest BCUT2D eigenvalue weighted by Crippen LogP contribution is 2.36. The predicted octanol–water partition coefficient (Wildman–Crippen LogP) is 3.95. The van der Waals surface area contributed by atoms with Crippen LogP contribution in [0.3, 0.4) is 0 Å². The van der Waals surface area contributed by atoms with E-state index in [0.29, 0.717) is 49.6 Å². The average molecular weight is 592 g/mol. The third-order valence-corrected chi connectivity index (χ3v) is 9.67. The lowest BCUT2D eigenvalue weighted by atomic mass is 9.95. The maximum absolute atomic E-state index is 13.8. The first-order valence-corrected chi connectivity index (χ1v) is 15.8. The largest absolute Gasteiger partial charge is 0.494 e. The standard InChI is InChI=1S/C32H37N3O6S/c1-3-40-28-14-13-26(21-23(28)2)42(38,39)34-19-16-25(17-20-34)32(37)35-22-30(41-29-12-8-7-11-27(29)35)31(36)33-18-15-24-9-5-4-6-10-24/h4-14,21,25,30H,3,15-20,22H2,1-2H3,(H,33,36). The van der Waals surface area contributed by atoms with Crippen molar-refractivity contribution in [1.82, 2.24) is 9.62 Å². The van der Waals surface area contributed by atoms with Crippen molar-refractivity contribution in [3.8, 4) is 11.5 Å². The Morgan fingerprint density at radius 1 is 1.00 bits per heavy atom. The molecule has 0 spiro atoms. The van der Waals surface area contributed by atoms with Gasteiger partial charge in [0.05, 0.1) is 23.7 Å². The van der Waals surface area contributed by atoms with Crippen LogP contribution in [0.1, 0.15) is 30.9 Å². The number of aryl methyl sites for hydroxylation is 1. The smallest absolute Gasteiger partial charge is 0.262 e. The van der Waals surface area contributed by atoms with Crippen LogP contribution in [-0.4, -0.2) is 63.4 Å². The fourth-order valence-electron chi connectivity index (χ4n) is 5.48. The Labute approximate surface area is 247 Å². The molecule has 2 aliphatic heterocycles. The summed E-state index contributed by atoms with van der Waals surface area (Å²) in [6.07, 6.45) is 0.627. The molecule has 1 saturated heterocycles. The second-order valence-corrected chi connectivity index (χ2v) is 12.5. The molecule has 1 N–H and O–H groups in total. The number of piperidine rings is 1. The van der Waals surface area contributed by atoms with E-state index in [1.807, 2.05) is 62.4 Å². The summed E-state index contributed by atoms with van der Waals surface area (Å²) in [6.45, 7) is 5.23. The van der Waals surface area contributed by atoms with Gasteiger partial charge in [-0.05, 0) is 74.6 Å². The van der Waals surface area contributed by atoms with Gasteiger partial charge in [-0.3, -0.25) is 9.59 Å². The van der Waals surface area contributed by atoms with Crippen LogP contribution in [-0.2, 0) is 26.0 Å². The normalized spacial score (nSPS) is 17.7. The van der Waals surface area contributed by atoms with Crippen LogP contribution in [0.4, 0.5) is 5.69 Å². The van der Waals surface area contributed by atoms with Crippen molar-refractivity contribution in [1.29, 1.82) is 0 Å². The third-order valence-electron chi connectivity index (χ3n) is 7.78. The number of hydrogen-bond acceptors (Lipinski definition) is 6. The lowest BCUT2D eigenvalue weighted by Gasteiger charge is -2.38. The van der Waals surface area contributed by atoms with Crippen LogP contribution in [0.15, 0.2) is 77.7 Å². The van der Waals surface area contributed by atoms with Crippen LogP contribution < -0.4 is 19.7 Å². The first-order chi connectivity index (χ1) is 20.3. The third kappa shape index (κ3) is 6.44. The van der Waals surface area contributed by atoms with Gasteiger partial charge in [-0.15, -0.1) is 0 Å². The first kappa shape index (κ1) is 29.6. The van der Waals surface area contributed by atoms with Gasteiger partial charge in [-0.25, -0.2) is 8.42 Å². The van der Waals surface area contributed by atoms with E-state index in [1.54, 1.807) is 29.2 Å². The van der Waals surface area contributed by atoms with Gasteiger partial charge in [0.25, 0.3) is 5.91 Å². The molecule has 2 heterocycles. The number of hydrogen-bond donors (Lipinski definition) is 1. The van der Waals surface area contributed by atoms with Crippen molar-refractivity contribution in [3.05, 3.63) is 83.9 Å². The molecule has 9 nitrogen and oxygen atoms in total. The monoisotopic (exact) mass is 591 g/mol. The van der Waals surface area contributed by atoms with E-state index in [4.69, 9.17) is 9.47 Å². The van der Waals surface area contributed by atoms with Gasteiger partial charge in [0.2, 0.25) is 15.9 Å². The maximum atomic E-state index is 13.8. The topological polar surface area (TPSA) is 105 Å². The highest BCUT2D eigenvalue weighted by molar-refractivity contribution is 7.89. The zero-order valence-corrected chi connectivity index (χ0v) is 24.8. The molecule has 1 atom stereocenters. The summed E-state index contributed by atoms with van der Waals surface area (Å²) in [4.78, 5) is 28.7. The SMILES string of the molecule is CCOc1ccc(S(=O)(=O)N2CCC(C(=O)N3CC(C(=O)NCCc4ccccc4)Oc4ccccc43)CC2)cc1C. The molecule has 5 rings (SSSR count). The molecular weight excluding hydrogens is 554 g/mol. The van der Waals surface area contributed by atoms with Crippen molar-refractivity contribution in [3.63, 3.8) is 0 Å². The predicted molar refractivity (Wildman–Crippen MR) is 160 cm³/mol. The number of amides is 2.